The minimum atomic E-state index is -3.82. The van der Waals surface area contributed by atoms with Gasteiger partial charge in [0.2, 0.25) is 10.0 Å². The van der Waals surface area contributed by atoms with Gasteiger partial charge in [0.25, 0.3) is 0 Å². The van der Waals surface area contributed by atoms with Gasteiger partial charge in [0, 0.05) is 17.6 Å². The number of ether oxygens (including phenoxy) is 1. The monoisotopic (exact) mass is 351 g/mol. The van der Waals surface area contributed by atoms with E-state index in [1.165, 1.54) is 25.0 Å². The predicted octanol–water partition coefficient (Wildman–Crippen LogP) is 2.29. The fraction of sp³-hybridized carbons (Fsp3) is 0.500. The highest BCUT2D eigenvalue weighted by molar-refractivity contribution is 9.10. The number of hydrogen-bond acceptors (Lipinski definition) is 3. The molecular weight excluding hydrogens is 337 g/mol. The van der Waals surface area contributed by atoms with Crippen LogP contribution in [0, 0.1) is 11.7 Å². The van der Waals surface area contributed by atoms with Crippen molar-refractivity contribution < 1.29 is 17.5 Å². The summed E-state index contributed by atoms with van der Waals surface area (Å²) in [7, 11) is -3.82. The lowest BCUT2D eigenvalue weighted by Gasteiger charge is -2.08. The first-order chi connectivity index (χ1) is 8.99. The van der Waals surface area contributed by atoms with Gasteiger partial charge in [0.1, 0.15) is 10.7 Å². The summed E-state index contributed by atoms with van der Waals surface area (Å²) in [6.07, 6.45) is 2.38. The molecular formula is C12H15BrFNO3S. The van der Waals surface area contributed by atoms with Gasteiger partial charge in [0.05, 0.1) is 6.61 Å². The minimum Gasteiger partial charge on any atom is -0.380 e. The number of sulfonamides is 1. The Hall–Kier alpha value is -0.500. The van der Waals surface area contributed by atoms with Crippen molar-refractivity contribution >= 4 is 26.0 Å². The Labute approximate surface area is 120 Å². The van der Waals surface area contributed by atoms with Crippen molar-refractivity contribution in [1.29, 1.82) is 0 Å². The Balaban J connectivity index is 1.86. The first-order valence-corrected chi connectivity index (χ1v) is 8.29. The lowest BCUT2D eigenvalue weighted by atomic mass is 10.3. The van der Waals surface area contributed by atoms with E-state index < -0.39 is 15.8 Å². The van der Waals surface area contributed by atoms with Crippen LogP contribution in [0.4, 0.5) is 4.39 Å². The van der Waals surface area contributed by atoms with Crippen LogP contribution < -0.4 is 4.72 Å². The van der Waals surface area contributed by atoms with Gasteiger partial charge in [-0.3, -0.25) is 0 Å². The van der Waals surface area contributed by atoms with E-state index in [-0.39, 0.29) is 11.4 Å². The van der Waals surface area contributed by atoms with Gasteiger partial charge >= 0.3 is 0 Å². The van der Waals surface area contributed by atoms with E-state index in [0.29, 0.717) is 23.6 Å². The van der Waals surface area contributed by atoms with Gasteiger partial charge in [-0.15, -0.1) is 0 Å². The first-order valence-electron chi connectivity index (χ1n) is 6.01. The summed E-state index contributed by atoms with van der Waals surface area (Å²) in [5.41, 5.74) is 0. The standard InChI is InChI=1S/C12H15BrFNO3S/c13-10-3-4-12(11(14)7-10)19(16,17)15-5-6-18-8-9-1-2-9/h3-4,7,9,15H,1-2,5-6,8H2. The maximum Gasteiger partial charge on any atom is 0.243 e. The summed E-state index contributed by atoms with van der Waals surface area (Å²) < 4.78 is 45.4. The van der Waals surface area contributed by atoms with Gasteiger partial charge in [-0.25, -0.2) is 17.5 Å². The molecule has 1 aliphatic rings. The fourth-order valence-corrected chi connectivity index (χ4v) is 2.96. The zero-order chi connectivity index (χ0) is 13.9. The van der Waals surface area contributed by atoms with E-state index >= 15 is 0 Å². The van der Waals surface area contributed by atoms with Gasteiger partial charge in [0.15, 0.2) is 0 Å². The molecule has 0 aliphatic heterocycles. The Bertz CT molecular complexity index is 546. The van der Waals surface area contributed by atoms with E-state index in [0.717, 1.165) is 6.07 Å². The third-order valence-electron chi connectivity index (χ3n) is 2.77. The molecule has 1 saturated carbocycles. The number of halogens is 2. The van der Waals surface area contributed by atoms with E-state index in [1.807, 2.05) is 0 Å². The van der Waals surface area contributed by atoms with Crippen molar-refractivity contribution in [2.75, 3.05) is 19.8 Å². The quantitative estimate of drug-likeness (QED) is 0.766. The van der Waals surface area contributed by atoms with Crippen LogP contribution in [0.25, 0.3) is 0 Å². The SMILES string of the molecule is O=S(=O)(NCCOCC1CC1)c1ccc(Br)cc1F. The molecule has 1 aromatic carbocycles. The fourth-order valence-electron chi connectivity index (χ4n) is 1.55. The van der Waals surface area contributed by atoms with Crippen LogP contribution in [-0.4, -0.2) is 28.2 Å². The van der Waals surface area contributed by atoms with Crippen LogP contribution in [0.5, 0.6) is 0 Å². The molecule has 0 atom stereocenters. The highest BCUT2D eigenvalue weighted by Gasteiger charge is 2.21. The van der Waals surface area contributed by atoms with Crippen LogP contribution in [0.2, 0.25) is 0 Å². The molecule has 7 heteroatoms. The maximum absolute atomic E-state index is 13.6. The van der Waals surface area contributed by atoms with Crippen molar-refractivity contribution in [3.05, 3.63) is 28.5 Å². The van der Waals surface area contributed by atoms with Crippen LogP contribution in [0.1, 0.15) is 12.8 Å². The number of hydrogen-bond donors (Lipinski definition) is 1. The number of rotatable bonds is 7. The van der Waals surface area contributed by atoms with Crippen LogP contribution in [0.3, 0.4) is 0 Å². The maximum atomic E-state index is 13.6. The summed E-state index contributed by atoms with van der Waals surface area (Å²) in [5.74, 6) is -0.138. The summed E-state index contributed by atoms with van der Waals surface area (Å²) in [4.78, 5) is -0.349. The summed E-state index contributed by atoms with van der Waals surface area (Å²) in [6.45, 7) is 1.12. The molecule has 1 N–H and O–H groups in total. The minimum absolute atomic E-state index is 0.143. The number of benzene rings is 1. The van der Waals surface area contributed by atoms with Crippen LogP contribution in [-0.2, 0) is 14.8 Å². The lowest BCUT2D eigenvalue weighted by Crippen LogP contribution is -2.28. The van der Waals surface area contributed by atoms with Crippen molar-refractivity contribution in [3.8, 4) is 0 Å². The molecule has 2 rings (SSSR count). The molecule has 1 aliphatic carbocycles. The van der Waals surface area contributed by atoms with Crippen LogP contribution >= 0.6 is 15.9 Å². The molecule has 0 spiro atoms. The highest BCUT2D eigenvalue weighted by atomic mass is 79.9. The second-order valence-electron chi connectivity index (χ2n) is 4.49. The van der Waals surface area contributed by atoms with E-state index in [1.54, 1.807) is 0 Å². The van der Waals surface area contributed by atoms with Crippen molar-refractivity contribution in [2.45, 2.75) is 17.7 Å². The van der Waals surface area contributed by atoms with Crippen LogP contribution in [0.15, 0.2) is 27.6 Å². The molecule has 4 nitrogen and oxygen atoms in total. The van der Waals surface area contributed by atoms with Crippen molar-refractivity contribution in [3.63, 3.8) is 0 Å². The molecule has 1 aromatic rings. The Morgan fingerprint density at radius 3 is 2.79 bits per heavy atom. The molecule has 0 saturated heterocycles. The van der Waals surface area contributed by atoms with Gasteiger partial charge in [-0.1, -0.05) is 15.9 Å². The average Bonchev–Trinajstić information content (AvgIpc) is 3.11. The summed E-state index contributed by atoms with van der Waals surface area (Å²) in [6, 6.07) is 3.84. The zero-order valence-electron chi connectivity index (χ0n) is 10.2. The average molecular weight is 352 g/mol. The highest BCUT2D eigenvalue weighted by Crippen LogP contribution is 2.28. The second-order valence-corrected chi connectivity index (χ2v) is 7.14. The molecule has 1 fully saturated rings. The smallest absolute Gasteiger partial charge is 0.243 e. The molecule has 0 amide bonds. The van der Waals surface area contributed by atoms with Gasteiger partial charge in [-0.05, 0) is 37.0 Å². The summed E-state index contributed by atoms with van der Waals surface area (Å²) >= 11 is 3.08. The van der Waals surface area contributed by atoms with Gasteiger partial charge in [-0.2, -0.15) is 0 Å². The summed E-state index contributed by atoms with van der Waals surface area (Å²) in [5, 5.41) is 0. The predicted molar refractivity (Wildman–Crippen MR) is 72.8 cm³/mol. The van der Waals surface area contributed by atoms with E-state index in [4.69, 9.17) is 4.74 Å². The molecule has 0 bridgehead atoms. The van der Waals surface area contributed by atoms with Crippen molar-refractivity contribution in [1.82, 2.24) is 4.72 Å². The van der Waals surface area contributed by atoms with Crippen molar-refractivity contribution in [2.24, 2.45) is 5.92 Å². The molecule has 19 heavy (non-hydrogen) atoms. The van der Waals surface area contributed by atoms with E-state index in [9.17, 15) is 12.8 Å². The lowest BCUT2D eigenvalue weighted by molar-refractivity contribution is 0.129. The normalized spacial score (nSPS) is 15.7. The zero-order valence-corrected chi connectivity index (χ0v) is 12.6. The largest absolute Gasteiger partial charge is 0.380 e. The second kappa shape index (κ2) is 6.30. The Kier molecular flexibility index (Phi) is 4.94. The molecule has 0 unspecified atom stereocenters. The molecule has 106 valence electrons. The third kappa shape index (κ3) is 4.52. The first kappa shape index (κ1) is 14.9. The Morgan fingerprint density at radius 2 is 2.16 bits per heavy atom. The number of nitrogens with one attached hydrogen (secondary N) is 1. The van der Waals surface area contributed by atoms with E-state index in [2.05, 4.69) is 20.7 Å². The third-order valence-corrected chi connectivity index (χ3v) is 4.76. The molecule has 0 radical (unpaired) electrons. The Morgan fingerprint density at radius 1 is 1.42 bits per heavy atom. The topological polar surface area (TPSA) is 55.4 Å². The molecule has 0 heterocycles. The van der Waals surface area contributed by atoms with Gasteiger partial charge < -0.3 is 4.74 Å². The molecule has 0 aromatic heterocycles.